The zero-order chi connectivity index (χ0) is 20.1. The van der Waals surface area contributed by atoms with Crippen LogP contribution in [0.25, 0.3) is 0 Å². The van der Waals surface area contributed by atoms with E-state index in [-0.39, 0.29) is 16.8 Å². The first-order chi connectivity index (χ1) is 13.4. The van der Waals surface area contributed by atoms with Crippen LogP contribution in [-0.2, 0) is 21.4 Å². The SMILES string of the molecule is C[C@H](C(=O)NCc1ccccc1)[NH+]1CCN(S(=O)(=O)c2ccc(F)cc2)CC1. The number of hydrogen-bond acceptors (Lipinski definition) is 3. The van der Waals surface area contributed by atoms with E-state index in [1.165, 1.54) is 16.4 Å². The smallest absolute Gasteiger partial charge is 0.278 e. The highest BCUT2D eigenvalue weighted by Crippen LogP contribution is 2.16. The Kier molecular flexibility index (Phi) is 6.43. The molecule has 2 N–H and O–H groups in total. The van der Waals surface area contributed by atoms with E-state index in [2.05, 4.69) is 5.32 Å². The average molecular weight is 407 g/mol. The molecule has 0 spiro atoms. The van der Waals surface area contributed by atoms with Crippen molar-refractivity contribution in [1.82, 2.24) is 9.62 Å². The van der Waals surface area contributed by atoms with Crippen LogP contribution in [-0.4, -0.2) is 50.9 Å². The standard InChI is InChI=1S/C20H24FN3O3S/c1-16(20(25)22-15-17-5-3-2-4-6-17)23-11-13-24(14-12-23)28(26,27)19-9-7-18(21)8-10-19/h2-10,16H,11-15H2,1H3,(H,22,25)/p+1/t16-/m1/s1. The van der Waals surface area contributed by atoms with Crippen molar-refractivity contribution in [2.75, 3.05) is 26.2 Å². The predicted molar refractivity (Wildman–Crippen MR) is 104 cm³/mol. The van der Waals surface area contributed by atoms with Crippen LogP contribution >= 0.6 is 0 Å². The zero-order valence-electron chi connectivity index (χ0n) is 15.8. The first-order valence-corrected chi connectivity index (χ1v) is 10.7. The number of piperazine rings is 1. The summed E-state index contributed by atoms with van der Waals surface area (Å²) < 4.78 is 39.8. The first kappa shape index (κ1) is 20.4. The zero-order valence-corrected chi connectivity index (χ0v) is 16.6. The summed E-state index contributed by atoms with van der Waals surface area (Å²) in [4.78, 5) is 13.6. The van der Waals surface area contributed by atoms with Gasteiger partial charge in [-0.15, -0.1) is 0 Å². The summed E-state index contributed by atoms with van der Waals surface area (Å²) in [5, 5.41) is 2.94. The highest BCUT2D eigenvalue weighted by Gasteiger charge is 2.34. The van der Waals surface area contributed by atoms with Crippen molar-refractivity contribution in [2.45, 2.75) is 24.4 Å². The highest BCUT2D eigenvalue weighted by molar-refractivity contribution is 7.89. The molecule has 0 radical (unpaired) electrons. The Hall–Kier alpha value is -2.29. The molecule has 3 rings (SSSR count). The molecule has 0 aromatic heterocycles. The van der Waals surface area contributed by atoms with Crippen LogP contribution < -0.4 is 10.2 Å². The van der Waals surface area contributed by atoms with Gasteiger partial charge in [0.2, 0.25) is 10.0 Å². The Bertz CT molecular complexity index is 896. The third-order valence-corrected chi connectivity index (χ3v) is 7.04. The number of nitrogens with one attached hydrogen (secondary N) is 2. The number of halogens is 1. The summed E-state index contributed by atoms with van der Waals surface area (Å²) in [7, 11) is -3.64. The molecule has 1 aliphatic heterocycles. The van der Waals surface area contributed by atoms with E-state index in [1.54, 1.807) is 0 Å². The third-order valence-electron chi connectivity index (χ3n) is 5.13. The van der Waals surface area contributed by atoms with Gasteiger partial charge in [0.05, 0.1) is 31.1 Å². The normalized spacial score (nSPS) is 17.2. The second-order valence-electron chi connectivity index (χ2n) is 6.94. The molecule has 150 valence electrons. The van der Waals surface area contributed by atoms with E-state index in [1.807, 2.05) is 37.3 Å². The Morgan fingerprint density at radius 3 is 2.32 bits per heavy atom. The second-order valence-corrected chi connectivity index (χ2v) is 8.88. The summed E-state index contributed by atoms with van der Waals surface area (Å²) in [5.41, 5.74) is 1.04. The van der Waals surface area contributed by atoms with Crippen LogP contribution in [0.2, 0.25) is 0 Å². The predicted octanol–water partition coefficient (Wildman–Crippen LogP) is 0.420. The van der Waals surface area contributed by atoms with Crippen molar-refractivity contribution in [3.05, 3.63) is 66.0 Å². The molecule has 8 heteroatoms. The molecule has 0 bridgehead atoms. The molecule has 0 saturated carbocycles. The van der Waals surface area contributed by atoms with Gasteiger partial charge in [-0.2, -0.15) is 4.31 Å². The molecule has 0 aliphatic carbocycles. The van der Waals surface area contributed by atoms with Crippen molar-refractivity contribution in [2.24, 2.45) is 0 Å². The van der Waals surface area contributed by atoms with E-state index in [0.717, 1.165) is 22.6 Å². The summed E-state index contributed by atoms with van der Waals surface area (Å²) in [5.74, 6) is -0.516. The van der Waals surface area contributed by atoms with E-state index >= 15 is 0 Å². The molecular formula is C20H25FN3O3S+. The number of carbonyl (C=O) groups excluding carboxylic acids is 1. The lowest BCUT2D eigenvalue weighted by atomic mass is 10.2. The molecule has 1 fully saturated rings. The fourth-order valence-electron chi connectivity index (χ4n) is 3.33. The van der Waals surface area contributed by atoms with Crippen molar-refractivity contribution >= 4 is 15.9 Å². The van der Waals surface area contributed by atoms with E-state index in [4.69, 9.17) is 0 Å². The molecule has 2 aromatic carbocycles. The van der Waals surface area contributed by atoms with Gasteiger partial charge < -0.3 is 10.2 Å². The summed E-state index contributed by atoms with van der Waals surface area (Å²) in [6.45, 7) is 4.07. The van der Waals surface area contributed by atoms with Gasteiger partial charge in [-0.25, -0.2) is 12.8 Å². The third kappa shape index (κ3) is 4.76. The van der Waals surface area contributed by atoms with Crippen LogP contribution in [0, 0.1) is 5.82 Å². The van der Waals surface area contributed by atoms with Crippen molar-refractivity contribution in [3.63, 3.8) is 0 Å². The van der Waals surface area contributed by atoms with Gasteiger partial charge in [0.1, 0.15) is 5.82 Å². The maximum atomic E-state index is 13.1. The summed E-state index contributed by atoms with van der Waals surface area (Å²) in [6, 6.07) is 14.3. The molecule has 6 nitrogen and oxygen atoms in total. The lowest BCUT2D eigenvalue weighted by Gasteiger charge is -2.34. The number of hydrogen-bond donors (Lipinski definition) is 2. The Morgan fingerprint density at radius 1 is 1.11 bits per heavy atom. The Morgan fingerprint density at radius 2 is 1.71 bits per heavy atom. The summed E-state index contributed by atoms with van der Waals surface area (Å²) in [6.07, 6.45) is 0. The number of carbonyl (C=O) groups is 1. The molecule has 1 aliphatic rings. The number of sulfonamides is 1. The first-order valence-electron chi connectivity index (χ1n) is 9.30. The van der Waals surface area contributed by atoms with Gasteiger partial charge in [0.25, 0.3) is 5.91 Å². The van der Waals surface area contributed by atoms with Gasteiger partial charge in [-0.05, 0) is 36.8 Å². The largest absolute Gasteiger partial charge is 0.347 e. The molecule has 1 saturated heterocycles. The quantitative estimate of drug-likeness (QED) is 0.731. The van der Waals surface area contributed by atoms with Gasteiger partial charge in [-0.3, -0.25) is 4.79 Å². The molecular weight excluding hydrogens is 381 g/mol. The Labute approximate surface area is 165 Å². The highest BCUT2D eigenvalue weighted by atomic mass is 32.2. The molecule has 1 atom stereocenters. The number of rotatable bonds is 6. The van der Waals surface area contributed by atoms with Gasteiger partial charge in [0, 0.05) is 6.54 Å². The van der Waals surface area contributed by atoms with Crippen LogP contribution in [0.1, 0.15) is 12.5 Å². The lowest BCUT2D eigenvalue weighted by molar-refractivity contribution is -0.917. The molecule has 28 heavy (non-hydrogen) atoms. The van der Waals surface area contributed by atoms with Crippen molar-refractivity contribution < 1.29 is 22.5 Å². The van der Waals surface area contributed by atoms with Gasteiger partial charge in [0.15, 0.2) is 6.04 Å². The van der Waals surface area contributed by atoms with E-state index in [0.29, 0.717) is 32.7 Å². The maximum absolute atomic E-state index is 13.1. The number of nitrogens with zero attached hydrogens (tertiary/aromatic N) is 1. The van der Waals surface area contributed by atoms with Crippen LogP contribution in [0.3, 0.4) is 0 Å². The van der Waals surface area contributed by atoms with Gasteiger partial charge in [-0.1, -0.05) is 30.3 Å². The lowest BCUT2D eigenvalue weighted by Crippen LogP contribution is -3.19. The minimum atomic E-state index is -3.64. The van der Waals surface area contributed by atoms with Crippen LogP contribution in [0.15, 0.2) is 59.5 Å². The Balaban J connectivity index is 1.54. The van der Waals surface area contributed by atoms with Gasteiger partial charge >= 0.3 is 0 Å². The van der Waals surface area contributed by atoms with Crippen LogP contribution in [0.5, 0.6) is 0 Å². The monoisotopic (exact) mass is 406 g/mol. The molecule has 1 heterocycles. The molecule has 2 aromatic rings. The summed E-state index contributed by atoms with van der Waals surface area (Å²) >= 11 is 0. The topological polar surface area (TPSA) is 70.9 Å². The fourth-order valence-corrected chi connectivity index (χ4v) is 4.77. The number of quaternary nitrogens is 1. The fraction of sp³-hybridized carbons (Fsp3) is 0.350. The minimum absolute atomic E-state index is 0.0475. The van der Waals surface area contributed by atoms with E-state index in [9.17, 15) is 17.6 Å². The van der Waals surface area contributed by atoms with E-state index < -0.39 is 15.8 Å². The minimum Gasteiger partial charge on any atom is -0.347 e. The van der Waals surface area contributed by atoms with Crippen molar-refractivity contribution in [1.29, 1.82) is 0 Å². The maximum Gasteiger partial charge on any atom is 0.278 e. The molecule has 1 amide bonds. The van der Waals surface area contributed by atoms with Crippen molar-refractivity contribution in [3.8, 4) is 0 Å². The van der Waals surface area contributed by atoms with Crippen LogP contribution in [0.4, 0.5) is 4.39 Å². The molecule has 0 unspecified atom stereocenters. The average Bonchev–Trinajstić information content (AvgIpc) is 2.72. The second kappa shape index (κ2) is 8.81. The number of benzene rings is 2. The number of amides is 1.